The van der Waals surface area contributed by atoms with Crippen LogP contribution in [-0.2, 0) is 14.8 Å². The summed E-state index contributed by atoms with van der Waals surface area (Å²) in [7, 11) is -3.17. The third kappa shape index (κ3) is 2.95. The molecule has 2 rings (SSSR count). The molecule has 0 bridgehead atoms. The minimum atomic E-state index is -3.17. The Balaban J connectivity index is 2.04. The largest absolute Gasteiger partial charge is 0.381 e. The molecular weight excluding hydrogens is 262 g/mol. The third-order valence-electron chi connectivity index (χ3n) is 3.78. The molecule has 0 aromatic carbocycles. The van der Waals surface area contributed by atoms with Crippen molar-refractivity contribution < 1.29 is 13.2 Å². The quantitative estimate of drug-likeness (QED) is 0.720. The monoisotopic (exact) mass is 281 g/mol. The number of ether oxygens (including phenoxy) is 1. The van der Waals surface area contributed by atoms with Gasteiger partial charge in [0.1, 0.15) is 0 Å². The van der Waals surface area contributed by atoms with Gasteiger partial charge in [-0.3, -0.25) is 0 Å². The van der Waals surface area contributed by atoms with Gasteiger partial charge in [0.2, 0.25) is 10.0 Å². The lowest BCUT2D eigenvalue weighted by Gasteiger charge is -2.36. The Kier molecular flexibility index (Phi) is 4.34. The first-order chi connectivity index (χ1) is 8.01. The summed E-state index contributed by atoms with van der Waals surface area (Å²) in [5.74, 6) is 0.401. The molecule has 6 heteroatoms. The molecule has 2 atom stereocenters. The standard InChI is InChI=1S/C11H20ClNO3S/c1-9-2-5-13(8-11(9)12)17(14,15)10-3-6-16-7-4-10/h9-11H,2-8H2,1H3. The highest BCUT2D eigenvalue weighted by atomic mass is 35.5. The molecule has 100 valence electrons. The van der Waals surface area contributed by atoms with Crippen molar-refractivity contribution in [3.05, 3.63) is 0 Å². The predicted octanol–water partition coefficient (Wildman–Crippen LogP) is 1.44. The fourth-order valence-corrected chi connectivity index (χ4v) is 4.72. The van der Waals surface area contributed by atoms with E-state index in [1.807, 2.05) is 0 Å². The van der Waals surface area contributed by atoms with Gasteiger partial charge in [-0.15, -0.1) is 11.6 Å². The van der Waals surface area contributed by atoms with Gasteiger partial charge in [-0.1, -0.05) is 6.92 Å². The lowest BCUT2D eigenvalue weighted by Crippen LogP contribution is -2.48. The summed E-state index contributed by atoms with van der Waals surface area (Å²) in [6.45, 7) is 4.26. The highest BCUT2D eigenvalue weighted by Crippen LogP contribution is 2.27. The zero-order chi connectivity index (χ0) is 12.5. The van der Waals surface area contributed by atoms with Crippen molar-refractivity contribution in [2.24, 2.45) is 5.92 Å². The molecule has 0 aromatic heterocycles. The van der Waals surface area contributed by atoms with Gasteiger partial charge in [-0.25, -0.2) is 12.7 Å². The van der Waals surface area contributed by atoms with Gasteiger partial charge in [0.05, 0.1) is 5.25 Å². The summed E-state index contributed by atoms with van der Waals surface area (Å²) in [5.41, 5.74) is 0. The first-order valence-corrected chi connectivity index (χ1v) is 8.16. The van der Waals surface area contributed by atoms with Crippen LogP contribution in [-0.4, -0.2) is 49.7 Å². The summed E-state index contributed by atoms with van der Waals surface area (Å²) < 4.78 is 31.6. The van der Waals surface area contributed by atoms with Gasteiger partial charge in [-0.2, -0.15) is 0 Å². The van der Waals surface area contributed by atoms with E-state index in [2.05, 4.69) is 6.92 Å². The average molecular weight is 282 g/mol. The second-order valence-corrected chi connectivity index (χ2v) is 7.77. The van der Waals surface area contributed by atoms with E-state index in [-0.39, 0.29) is 10.6 Å². The van der Waals surface area contributed by atoms with Crippen molar-refractivity contribution in [1.82, 2.24) is 4.31 Å². The van der Waals surface area contributed by atoms with E-state index in [0.29, 0.717) is 45.1 Å². The van der Waals surface area contributed by atoms with Gasteiger partial charge >= 0.3 is 0 Å². The fourth-order valence-electron chi connectivity index (χ4n) is 2.41. The lowest BCUT2D eigenvalue weighted by molar-refractivity contribution is 0.0968. The summed E-state index contributed by atoms with van der Waals surface area (Å²) in [4.78, 5) is 0. The summed E-state index contributed by atoms with van der Waals surface area (Å²) in [6, 6.07) is 0. The normalized spacial score (nSPS) is 33.8. The van der Waals surface area contributed by atoms with Crippen molar-refractivity contribution in [3.8, 4) is 0 Å². The Morgan fingerprint density at radius 2 is 1.88 bits per heavy atom. The maximum absolute atomic E-state index is 12.4. The molecule has 2 fully saturated rings. The van der Waals surface area contributed by atoms with Gasteiger partial charge < -0.3 is 4.74 Å². The Morgan fingerprint density at radius 1 is 1.24 bits per heavy atom. The highest BCUT2D eigenvalue weighted by molar-refractivity contribution is 7.89. The van der Waals surface area contributed by atoms with Crippen molar-refractivity contribution in [1.29, 1.82) is 0 Å². The molecule has 2 unspecified atom stereocenters. The zero-order valence-corrected chi connectivity index (χ0v) is 11.7. The van der Waals surface area contributed by atoms with E-state index < -0.39 is 10.0 Å². The first-order valence-electron chi connectivity index (χ1n) is 6.22. The average Bonchev–Trinajstić information content (AvgIpc) is 2.33. The highest BCUT2D eigenvalue weighted by Gasteiger charge is 2.37. The van der Waals surface area contributed by atoms with Gasteiger partial charge in [0.15, 0.2) is 0 Å². The molecule has 0 saturated carbocycles. The smallest absolute Gasteiger partial charge is 0.217 e. The van der Waals surface area contributed by atoms with Crippen LogP contribution in [0.5, 0.6) is 0 Å². The van der Waals surface area contributed by atoms with Crippen LogP contribution >= 0.6 is 11.6 Å². The van der Waals surface area contributed by atoms with Crippen LogP contribution in [0, 0.1) is 5.92 Å². The number of rotatable bonds is 2. The molecule has 2 aliphatic heterocycles. The second-order valence-electron chi connectivity index (χ2n) is 5.00. The van der Waals surface area contributed by atoms with Crippen LogP contribution < -0.4 is 0 Å². The first kappa shape index (κ1) is 13.6. The van der Waals surface area contributed by atoms with E-state index in [0.717, 1.165) is 6.42 Å². The number of hydrogen-bond acceptors (Lipinski definition) is 3. The van der Waals surface area contributed by atoms with Crippen LogP contribution in [0.3, 0.4) is 0 Å². The van der Waals surface area contributed by atoms with Gasteiger partial charge in [-0.05, 0) is 25.2 Å². The van der Waals surface area contributed by atoms with Crippen LogP contribution in [0.4, 0.5) is 0 Å². The van der Waals surface area contributed by atoms with Gasteiger partial charge in [0.25, 0.3) is 0 Å². The molecule has 0 aromatic rings. The topological polar surface area (TPSA) is 46.6 Å². The molecule has 0 N–H and O–H groups in total. The van der Waals surface area contributed by atoms with Crippen LogP contribution in [0.2, 0.25) is 0 Å². The van der Waals surface area contributed by atoms with E-state index in [4.69, 9.17) is 16.3 Å². The number of nitrogens with zero attached hydrogens (tertiary/aromatic N) is 1. The molecule has 0 aliphatic carbocycles. The number of halogens is 1. The molecular formula is C11H20ClNO3S. The molecule has 0 radical (unpaired) electrons. The van der Waals surface area contributed by atoms with Gasteiger partial charge in [0, 0.05) is 31.7 Å². The van der Waals surface area contributed by atoms with Crippen LogP contribution in [0.1, 0.15) is 26.2 Å². The summed E-state index contributed by atoms with van der Waals surface area (Å²) in [6.07, 6.45) is 2.08. The Hall–Kier alpha value is 0.160. The van der Waals surface area contributed by atoms with Crippen molar-refractivity contribution >= 4 is 21.6 Å². The predicted molar refractivity (Wildman–Crippen MR) is 67.8 cm³/mol. The summed E-state index contributed by atoms with van der Waals surface area (Å²) in [5, 5.41) is -0.327. The van der Waals surface area contributed by atoms with E-state index >= 15 is 0 Å². The summed E-state index contributed by atoms with van der Waals surface area (Å²) >= 11 is 6.18. The molecule has 4 nitrogen and oxygen atoms in total. The second kappa shape index (κ2) is 5.43. The Bertz CT molecular complexity index is 354. The van der Waals surface area contributed by atoms with Crippen LogP contribution in [0.15, 0.2) is 0 Å². The SMILES string of the molecule is CC1CCN(S(=O)(=O)C2CCOCC2)CC1Cl. The molecule has 17 heavy (non-hydrogen) atoms. The number of hydrogen-bond donors (Lipinski definition) is 0. The lowest BCUT2D eigenvalue weighted by atomic mass is 10.0. The van der Waals surface area contributed by atoms with Crippen LogP contribution in [0.25, 0.3) is 0 Å². The molecule has 0 spiro atoms. The maximum Gasteiger partial charge on any atom is 0.217 e. The van der Waals surface area contributed by atoms with Crippen molar-refractivity contribution in [3.63, 3.8) is 0 Å². The molecule has 2 aliphatic rings. The van der Waals surface area contributed by atoms with E-state index in [1.165, 1.54) is 0 Å². The number of piperidine rings is 1. The maximum atomic E-state index is 12.4. The fraction of sp³-hybridized carbons (Fsp3) is 1.00. The minimum Gasteiger partial charge on any atom is -0.381 e. The Labute approximate surface area is 108 Å². The molecule has 0 amide bonds. The van der Waals surface area contributed by atoms with Crippen molar-refractivity contribution in [2.75, 3.05) is 26.3 Å². The zero-order valence-electron chi connectivity index (χ0n) is 10.1. The molecule has 2 heterocycles. The van der Waals surface area contributed by atoms with E-state index in [1.54, 1.807) is 4.31 Å². The Morgan fingerprint density at radius 3 is 2.47 bits per heavy atom. The van der Waals surface area contributed by atoms with E-state index in [9.17, 15) is 8.42 Å². The third-order valence-corrected chi connectivity index (χ3v) is 6.71. The number of sulfonamides is 1. The number of alkyl halides is 1. The van der Waals surface area contributed by atoms with Crippen molar-refractivity contribution in [2.45, 2.75) is 36.8 Å². The minimum absolute atomic E-state index is 0.0571. The molecule has 2 saturated heterocycles.